The minimum absolute atomic E-state index is 0.0344. The lowest BCUT2D eigenvalue weighted by molar-refractivity contribution is 0.197. The largest absolute Gasteiger partial charge is 0.349 e. The molecule has 2 aliphatic rings. The number of nitrogens with zero attached hydrogens (tertiary/aromatic N) is 4. The zero-order chi connectivity index (χ0) is 11.1. The third-order valence-electron chi connectivity index (χ3n) is 2.96. The van der Waals surface area contributed by atoms with Gasteiger partial charge >= 0.3 is 6.03 Å². The fraction of sp³-hybridized carbons (Fsp3) is 0.625. The predicted octanol–water partition coefficient (Wildman–Crippen LogP) is 0.405. The monoisotopic (exact) mass is 259 g/mol. The average molecular weight is 260 g/mol. The second-order valence-corrected chi connectivity index (χ2v) is 4.74. The van der Waals surface area contributed by atoms with Gasteiger partial charge in [0.2, 0.25) is 0 Å². The third-order valence-corrected chi connectivity index (χ3v) is 3.84. The van der Waals surface area contributed by atoms with Crippen molar-refractivity contribution in [1.82, 2.24) is 19.0 Å². The molecular formula is C8H10ClN5OS. The molecule has 2 amide bonds. The molecule has 1 aromatic heterocycles. The van der Waals surface area contributed by atoms with Gasteiger partial charge in [-0.1, -0.05) is 11.6 Å². The molecule has 0 spiro atoms. The summed E-state index contributed by atoms with van der Waals surface area (Å²) in [7, 11) is 0. The first-order chi connectivity index (χ1) is 7.75. The number of amides is 2. The first kappa shape index (κ1) is 10.1. The van der Waals surface area contributed by atoms with Gasteiger partial charge in [-0.25, -0.2) is 4.79 Å². The van der Waals surface area contributed by atoms with Gasteiger partial charge in [0, 0.05) is 26.2 Å². The minimum Gasteiger partial charge on any atom is -0.349 e. The first-order valence-corrected chi connectivity index (χ1v) is 6.14. The van der Waals surface area contributed by atoms with Crippen LogP contribution in [0.15, 0.2) is 0 Å². The number of fused-ring (bicyclic) bond motifs is 1. The Morgan fingerprint density at radius 2 is 2.31 bits per heavy atom. The van der Waals surface area contributed by atoms with E-state index in [-0.39, 0.29) is 12.1 Å². The van der Waals surface area contributed by atoms with Crippen molar-refractivity contribution in [2.45, 2.75) is 6.04 Å². The summed E-state index contributed by atoms with van der Waals surface area (Å²) in [5.41, 5.74) is 0. The third kappa shape index (κ3) is 1.51. The number of anilines is 1. The van der Waals surface area contributed by atoms with Gasteiger partial charge in [0.1, 0.15) is 0 Å². The molecule has 86 valence electrons. The molecule has 16 heavy (non-hydrogen) atoms. The Labute approximate surface area is 102 Å². The van der Waals surface area contributed by atoms with E-state index in [9.17, 15) is 4.79 Å². The molecule has 1 aromatic rings. The number of piperazine rings is 1. The van der Waals surface area contributed by atoms with Crippen molar-refractivity contribution >= 4 is 35.2 Å². The van der Waals surface area contributed by atoms with Gasteiger partial charge < -0.3 is 15.1 Å². The van der Waals surface area contributed by atoms with Crippen molar-refractivity contribution < 1.29 is 4.79 Å². The molecule has 2 fully saturated rings. The topological polar surface area (TPSA) is 61.4 Å². The number of carbonyl (C=O) groups is 1. The Hall–Kier alpha value is -1.08. The van der Waals surface area contributed by atoms with Gasteiger partial charge in [-0.3, -0.25) is 0 Å². The number of aromatic nitrogens is 2. The zero-order valence-corrected chi connectivity index (χ0v) is 9.96. The number of carbonyl (C=O) groups excluding carboxylic acids is 1. The van der Waals surface area contributed by atoms with Crippen LogP contribution in [0.1, 0.15) is 0 Å². The molecule has 2 aliphatic heterocycles. The molecule has 0 aromatic carbocycles. The first-order valence-electron chi connectivity index (χ1n) is 5.03. The number of hydrogen-bond acceptors (Lipinski definition) is 5. The molecule has 6 nitrogen and oxygen atoms in total. The van der Waals surface area contributed by atoms with E-state index in [4.69, 9.17) is 11.6 Å². The fourth-order valence-corrected chi connectivity index (χ4v) is 2.94. The lowest BCUT2D eigenvalue weighted by Crippen LogP contribution is -2.52. The quantitative estimate of drug-likeness (QED) is 0.793. The maximum absolute atomic E-state index is 11.4. The van der Waals surface area contributed by atoms with Gasteiger partial charge in [-0.05, 0) is 0 Å². The molecule has 2 saturated heterocycles. The highest BCUT2D eigenvalue weighted by Gasteiger charge is 2.36. The molecule has 1 atom stereocenters. The van der Waals surface area contributed by atoms with Crippen LogP contribution in [-0.4, -0.2) is 51.9 Å². The van der Waals surface area contributed by atoms with Crippen LogP contribution >= 0.6 is 23.3 Å². The molecule has 0 radical (unpaired) electrons. The highest BCUT2D eigenvalue weighted by molar-refractivity contribution is 6.99. The van der Waals surface area contributed by atoms with E-state index in [0.29, 0.717) is 18.2 Å². The van der Waals surface area contributed by atoms with Crippen LogP contribution in [0.25, 0.3) is 0 Å². The molecule has 0 saturated carbocycles. The van der Waals surface area contributed by atoms with E-state index in [1.807, 2.05) is 4.90 Å². The van der Waals surface area contributed by atoms with Crippen LogP contribution in [0.5, 0.6) is 0 Å². The standard InChI is InChI=1S/C8H10ClN5OS/c9-6-7(12-16-11-6)13-1-2-14-5(4-13)3-10-8(14)15/h5H,1-4H2,(H,10,15). The summed E-state index contributed by atoms with van der Waals surface area (Å²) in [6.07, 6.45) is 0. The van der Waals surface area contributed by atoms with Crippen LogP contribution in [0.4, 0.5) is 10.6 Å². The summed E-state index contributed by atoms with van der Waals surface area (Å²) < 4.78 is 8.12. The highest BCUT2D eigenvalue weighted by atomic mass is 35.5. The Morgan fingerprint density at radius 1 is 1.44 bits per heavy atom. The van der Waals surface area contributed by atoms with Gasteiger partial charge in [0.05, 0.1) is 17.8 Å². The molecule has 3 rings (SSSR count). The molecule has 8 heteroatoms. The Balaban J connectivity index is 1.78. The van der Waals surface area contributed by atoms with Gasteiger partial charge in [-0.15, -0.1) is 0 Å². The molecule has 1 unspecified atom stereocenters. The van der Waals surface area contributed by atoms with Gasteiger partial charge in [0.15, 0.2) is 11.0 Å². The Bertz CT molecular complexity index is 424. The number of rotatable bonds is 1. The fourth-order valence-electron chi connectivity index (χ4n) is 2.16. The van der Waals surface area contributed by atoms with E-state index in [2.05, 4.69) is 19.0 Å². The van der Waals surface area contributed by atoms with Crippen molar-refractivity contribution in [1.29, 1.82) is 0 Å². The second-order valence-electron chi connectivity index (χ2n) is 3.86. The van der Waals surface area contributed by atoms with Crippen molar-refractivity contribution in [3.05, 3.63) is 5.15 Å². The van der Waals surface area contributed by atoms with E-state index in [0.717, 1.165) is 30.6 Å². The predicted molar refractivity (Wildman–Crippen MR) is 61.0 cm³/mol. The Kier molecular flexibility index (Phi) is 2.36. The second kappa shape index (κ2) is 3.74. The highest BCUT2D eigenvalue weighted by Crippen LogP contribution is 2.26. The lowest BCUT2D eigenvalue weighted by Gasteiger charge is -2.36. The number of hydrogen-bond donors (Lipinski definition) is 1. The van der Waals surface area contributed by atoms with Crippen LogP contribution in [0, 0.1) is 0 Å². The van der Waals surface area contributed by atoms with Crippen LogP contribution in [-0.2, 0) is 0 Å². The number of halogens is 1. The minimum atomic E-state index is 0.0344. The summed E-state index contributed by atoms with van der Waals surface area (Å²) in [5.74, 6) is 0.741. The number of nitrogens with one attached hydrogen (secondary N) is 1. The van der Waals surface area contributed by atoms with Crippen molar-refractivity contribution in [2.75, 3.05) is 31.1 Å². The van der Waals surface area contributed by atoms with Gasteiger partial charge in [-0.2, -0.15) is 8.75 Å². The summed E-state index contributed by atoms with van der Waals surface area (Å²) in [6, 6.07) is 0.256. The molecule has 0 bridgehead atoms. The van der Waals surface area contributed by atoms with Crippen LogP contribution in [0.3, 0.4) is 0 Å². The normalized spacial score (nSPS) is 24.6. The lowest BCUT2D eigenvalue weighted by atomic mass is 10.2. The maximum atomic E-state index is 11.4. The average Bonchev–Trinajstić information content (AvgIpc) is 2.86. The molecule has 0 aliphatic carbocycles. The van der Waals surface area contributed by atoms with Crippen LogP contribution < -0.4 is 10.2 Å². The smallest absolute Gasteiger partial charge is 0.317 e. The molecule has 1 N–H and O–H groups in total. The van der Waals surface area contributed by atoms with E-state index in [1.54, 1.807) is 0 Å². The maximum Gasteiger partial charge on any atom is 0.317 e. The summed E-state index contributed by atoms with van der Waals surface area (Å²) in [6.45, 7) is 2.94. The van der Waals surface area contributed by atoms with Crippen molar-refractivity contribution in [3.63, 3.8) is 0 Å². The summed E-state index contributed by atoms with van der Waals surface area (Å²) in [5, 5.41) is 3.29. The SMILES string of the molecule is O=C1NCC2CN(c3nsnc3Cl)CCN12. The Morgan fingerprint density at radius 3 is 3.06 bits per heavy atom. The van der Waals surface area contributed by atoms with Crippen molar-refractivity contribution in [2.24, 2.45) is 0 Å². The van der Waals surface area contributed by atoms with E-state index < -0.39 is 0 Å². The molecular weight excluding hydrogens is 250 g/mol. The van der Waals surface area contributed by atoms with Crippen molar-refractivity contribution in [3.8, 4) is 0 Å². The van der Waals surface area contributed by atoms with E-state index in [1.165, 1.54) is 0 Å². The van der Waals surface area contributed by atoms with Gasteiger partial charge in [0.25, 0.3) is 0 Å². The zero-order valence-electron chi connectivity index (χ0n) is 8.39. The molecule has 3 heterocycles. The number of urea groups is 1. The van der Waals surface area contributed by atoms with Crippen LogP contribution in [0.2, 0.25) is 5.15 Å². The summed E-state index contributed by atoms with van der Waals surface area (Å²) in [4.78, 5) is 15.4. The summed E-state index contributed by atoms with van der Waals surface area (Å²) >= 11 is 7.06. The van der Waals surface area contributed by atoms with E-state index >= 15 is 0 Å².